The van der Waals surface area contributed by atoms with Crippen LogP contribution in [0, 0.1) is 13.8 Å². The van der Waals surface area contributed by atoms with E-state index in [4.69, 9.17) is 5.10 Å². The Morgan fingerprint density at radius 3 is 2.80 bits per heavy atom. The third-order valence-corrected chi connectivity index (χ3v) is 4.68. The van der Waals surface area contributed by atoms with E-state index in [-0.39, 0.29) is 0 Å². The number of aromatic nitrogens is 2. The highest BCUT2D eigenvalue weighted by Gasteiger charge is 2.19. The maximum absolute atomic E-state index is 4.73. The minimum absolute atomic E-state index is 0.741. The predicted octanol–water partition coefficient (Wildman–Crippen LogP) is 2.48. The maximum atomic E-state index is 4.73. The van der Waals surface area contributed by atoms with Gasteiger partial charge in [0.05, 0.1) is 5.69 Å². The Hall–Kier alpha value is -0.870. The second kappa shape index (κ2) is 7.23. The molecule has 20 heavy (non-hydrogen) atoms. The number of likely N-dealkylation sites (tertiary alicyclic amines) is 1. The highest BCUT2D eigenvalue weighted by Crippen LogP contribution is 2.20. The number of hydrogen-bond acceptors (Lipinski definition) is 3. The fraction of sp³-hybridized carbons (Fsp3) is 0.812. The number of aryl methyl sites for hydroxylation is 2. The van der Waals surface area contributed by atoms with Gasteiger partial charge in [0, 0.05) is 30.4 Å². The van der Waals surface area contributed by atoms with Gasteiger partial charge in [-0.05, 0) is 53.2 Å². The van der Waals surface area contributed by atoms with E-state index in [1.165, 1.54) is 49.2 Å². The molecule has 4 nitrogen and oxygen atoms in total. The third kappa shape index (κ3) is 3.61. The smallest absolute Gasteiger partial charge is 0.0641 e. The first-order chi connectivity index (χ1) is 9.63. The molecule has 0 radical (unpaired) electrons. The van der Waals surface area contributed by atoms with Crippen molar-refractivity contribution >= 4 is 0 Å². The standard InChI is InChI=1S/C16H30N4/c1-5-17-12-16-13(2)18-20(14(16)3)11-9-15-8-6-7-10-19(15)4/h15,17H,5-12H2,1-4H3. The monoisotopic (exact) mass is 278 g/mol. The van der Waals surface area contributed by atoms with Crippen LogP contribution in [0.3, 0.4) is 0 Å². The summed E-state index contributed by atoms with van der Waals surface area (Å²) in [5.41, 5.74) is 3.89. The molecule has 1 N–H and O–H groups in total. The van der Waals surface area contributed by atoms with E-state index < -0.39 is 0 Å². The fourth-order valence-electron chi connectivity index (χ4n) is 3.24. The lowest BCUT2D eigenvalue weighted by atomic mass is 10.0. The third-order valence-electron chi connectivity index (χ3n) is 4.68. The van der Waals surface area contributed by atoms with E-state index in [2.05, 4.69) is 42.7 Å². The molecule has 1 unspecified atom stereocenters. The Bertz CT molecular complexity index is 424. The number of nitrogens with one attached hydrogen (secondary N) is 1. The second-order valence-electron chi connectivity index (χ2n) is 6.07. The van der Waals surface area contributed by atoms with Crippen LogP contribution >= 0.6 is 0 Å². The molecule has 2 heterocycles. The molecule has 0 bridgehead atoms. The lowest BCUT2D eigenvalue weighted by Crippen LogP contribution is -2.36. The zero-order chi connectivity index (χ0) is 14.5. The van der Waals surface area contributed by atoms with Gasteiger partial charge in [0.25, 0.3) is 0 Å². The van der Waals surface area contributed by atoms with Gasteiger partial charge in [0.1, 0.15) is 0 Å². The van der Waals surface area contributed by atoms with Crippen LogP contribution in [0.15, 0.2) is 0 Å². The van der Waals surface area contributed by atoms with Crippen molar-refractivity contribution < 1.29 is 0 Å². The second-order valence-corrected chi connectivity index (χ2v) is 6.07. The van der Waals surface area contributed by atoms with Crippen LogP contribution in [0.2, 0.25) is 0 Å². The molecule has 0 spiro atoms. The molecule has 1 atom stereocenters. The molecule has 1 saturated heterocycles. The summed E-state index contributed by atoms with van der Waals surface area (Å²) in [5.74, 6) is 0. The van der Waals surface area contributed by atoms with E-state index in [0.29, 0.717) is 0 Å². The maximum Gasteiger partial charge on any atom is 0.0641 e. The molecular formula is C16H30N4. The Morgan fingerprint density at radius 2 is 2.10 bits per heavy atom. The van der Waals surface area contributed by atoms with Crippen molar-refractivity contribution in [2.45, 2.75) is 65.6 Å². The first kappa shape index (κ1) is 15.5. The summed E-state index contributed by atoms with van der Waals surface area (Å²) >= 11 is 0. The van der Waals surface area contributed by atoms with Gasteiger partial charge in [0.2, 0.25) is 0 Å². The average molecular weight is 278 g/mol. The van der Waals surface area contributed by atoms with Crippen LogP contribution in [0.1, 0.15) is 49.6 Å². The zero-order valence-corrected chi connectivity index (χ0v) is 13.6. The van der Waals surface area contributed by atoms with Gasteiger partial charge >= 0.3 is 0 Å². The Kier molecular flexibility index (Phi) is 5.61. The van der Waals surface area contributed by atoms with Gasteiger partial charge < -0.3 is 10.2 Å². The molecule has 2 rings (SSSR count). The topological polar surface area (TPSA) is 33.1 Å². The molecule has 0 aromatic carbocycles. The summed E-state index contributed by atoms with van der Waals surface area (Å²) < 4.78 is 2.21. The normalized spacial score (nSPS) is 20.5. The van der Waals surface area contributed by atoms with Gasteiger partial charge in [-0.25, -0.2) is 0 Å². The summed E-state index contributed by atoms with van der Waals surface area (Å²) in [6, 6.07) is 0.741. The molecule has 1 aromatic heterocycles. The van der Waals surface area contributed by atoms with Crippen LogP contribution in [0.25, 0.3) is 0 Å². The van der Waals surface area contributed by atoms with Crippen molar-refractivity contribution in [3.8, 4) is 0 Å². The van der Waals surface area contributed by atoms with E-state index >= 15 is 0 Å². The largest absolute Gasteiger partial charge is 0.313 e. The molecule has 1 aliphatic heterocycles. The molecule has 1 fully saturated rings. The van der Waals surface area contributed by atoms with E-state index in [0.717, 1.165) is 25.7 Å². The summed E-state index contributed by atoms with van der Waals surface area (Å²) in [7, 11) is 2.27. The Labute approximate surface area is 123 Å². The van der Waals surface area contributed by atoms with Crippen LogP contribution in [-0.2, 0) is 13.1 Å². The molecule has 0 amide bonds. The lowest BCUT2D eigenvalue weighted by Gasteiger charge is -2.32. The van der Waals surface area contributed by atoms with Gasteiger partial charge in [-0.2, -0.15) is 5.10 Å². The molecule has 114 valence electrons. The summed E-state index contributed by atoms with van der Waals surface area (Å²) in [6.07, 6.45) is 5.32. The lowest BCUT2D eigenvalue weighted by molar-refractivity contribution is 0.169. The number of nitrogens with zero attached hydrogens (tertiary/aromatic N) is 3. The summed E-state index contributed by atoms with van der Waals surface area (Å²) in [5, 5.41) is 8.14. The van der Waals surface area contributed by atoms with Crippen molar-refractivity contribution in [1.29, 1.82) is 0 Å². The molecular weight excluding hydrogens is 248 g/mol. The van der Waals surface area contributed by atoms with Crippen molar-refractivity contribution in [3.05, 3.63) is 17.0 Å². The van der Waals surface area contributed by atoms with Crippen molar-refractivity contribution in [1.82, 2.24) is 20.0 Å². The minimum Gasteiger partial charge on any atom is -0.313 e. The van der Waals surface area contributed by atoms with Crippen LogP contribution < -0.4 is 5.32 Å². The number of rotatable bonds is 6. The van der Waals surface area contributed by atoms with Crippen molar-refractivity contribution in [2.75, 3.05) is 20.1 Å². The van der Waals surface area contributed by atoms with E-state index in [9.17, 15) is 0 Å². The fourth-order valence-corrected chi connectivity index (χ4v) is 3.24. The van der Waals surface area contributed by atoms with Gasteiger partial charge in [-0.1, -0.05) is 13.3 Å². The molecule has 1 aliphatic rings. The Morgan fingerprint density at radius 1 is 1.30 bits per heavy atom. The van der Waals surface area contributed by atoms with E-state index in [1.54, 1.807) is 0 Å². The summed E-state index contributed by atoms with van der Waals surface area (Å²) in [4.78, 5) is 2.52. The van der Waals surface area contributed by atoms with Crippen LogP contribution in [-0.4, -0.2) is 40.9 Å². The molecule has 0 aliphatic carbocycles. The van der Waals surface area contributed by atoms with Crippen LogP contribution in [0.4, 0.5) is 0 Å². The van der Waals surface area contributed by atoms with Crippen molar-refractivity contribution in [3.63, 3.8) is 0 Å². The first-order valence-corrected chi connectivity index (χ1v) is 8.07. The Balaban J connectivity index is 1.95. The van der Waals surface area contributed by atoms with E-state index in [1.807, 2.05) is 0 Å². The minimum atomic E-state index is 0.741. The molecule has 1 aromatic rings. The molecule has 4 heteroatoms. The highest BCUT2D eigenvalue weighted by atomic mass is 15.3. The number of hydrogen-bond donors (Lipinski definition) is 1. The SMILES string of the molecule is CCNCc1c(C)nn(CCC2CCCCN2C)c1C. The predicted molar refractivity (Wildman–Crippen MR) is 84.0 cm³/mol. The van der Waals surface area contributed by atoms with Gasteiger partial charge in [-0.15, -0.1) is 0 Å². The average Bonchev–Trinajstić information content (AvgIpc) is 2.70. The first-order valence-electron chi connectivity index (χ1n) is 8.07. The van der Waals surface area contributed by atoms with Gasteiger partial charge in [-0.3, -0.25) is 4.68 Å². The molecule has 0 saturated carbocycles. The highest BCUT2D eigenvalue weighted by molar-refractivity contribution is 5.24. The zero-order valence-electron chi connectivity index (χ0n) is 13.6. The van der Waals surface area contributed by atoms with Crippen LogP contribution in [0.5, 0.6) is 0 Å². The summed E-state index contributed by atoms with van der Waals surface area (Å²) in [6.45, 7) is 10.7. The van der Waals surface area contributed by atoms with Gasteiger partial charge in [0.15, 0.2) is 0 Å². The number of piperidine rings is 1. The quantitative estimate of drug-likeness (QED) is 0.868. The van der Waals surface area contributed by atoms with Crippen molar-refractivity contribution in [2.24, 2.45) is 0 Å².